The van der Waals surface area contributed by atoms with E-state index in [1.807, 2.05) is 0 Å². The highest BCUT2D eigenvalue weighted by Crippen LogP contribution is 2.40. The fourth-order valence-corrected chi connectivity index (χ4v) is 3.79. The van der Waals surface area contributed by atoms with Crippen molar-refractivity contribution in [3.63, 3.8) is 0 Å². The van der Waals surface area contributed by atoms with Crippen LogP contribution in [-0.2, 0) is 12.8 Å². The molecule has 0 aliphatic heterocycles. The van der Waals surface area contributed by atoms with Crippen molar-refractivity contribution in [3.05, 3.63) is 47.0 Å². The molecule has 1 aromatic rings. The van der Waals surface area contributed by atoms with Crippen LogP contribution in [0.1, 0.15) is 24.0 Å². The zero-order valence-corrected chi connectivity index (χ0v) is 11.4. The highest BCUT2D eigenvalue weighted by Gasteiger charge is 2.38. The number of benzene rings is 1. The van der Waals surface area contributed by atoms with Crippen molar-refractivity contribution in [2.45, 2.75) is 31.7 Å². The molecule has 2 aliphatic rings. The van der Waals surface area contributed by atoms with Gasteiger partial charge in [0.1, 0.15) is 0 Å². The molecule has 2 aliphatic carbocycles. The molecule has 0 radical (unpaired) electrons. The molecule has 0 aromatic heterocycles. The van der Waals surface area contributed by atoms with Crippen LogP contribution in [0.25, 0.3) is 0 Å². The minimum Gasteiger partial charge on any atom is -0.308 e. The average molecular weight is 262 g/mol. The molecule has 1 nitrogen and oxygen atoms in total. The highest BCUT2D eigenvalue weighted by atomic mass is 35.5. The topological polar surface area (TPSA) is 12.0 Å². The summed E-state index contributed by atoms with van der Waals surface area (Å²) in [5, 5.41) is 4.35. The Morgan fingerprint density at radius 2 is 1.72 bits per heavy atom. The number of hydrogen-bond acceptors (Lipinski definition) is 1. The van der Waals surface area contributed by atoms with E-state index in [0.29, 0.717) is 6.04 Å². The van der Waals surface area contributed by atoms with Gasteiger partial charge in [-0.25, -0.2) is 0 Å². The SMILES string of the molecule is C=C(Cl)CNC1C2CCC1Cc1ccccc1C2. The summed E-state index contributed by atoms with van der Waals surface area (Å²) in [6, 6.07) is 9.55. The van der Waals surface area contributed by atoms with Crippen LogP contribution in [-0.4, -0.2) is 12.6 Å². The number of halogens is 1. The van der Waals surface area contributed by atoms with Gasteiger partial charge in [-0.2, -0.15) is 0 Å². The summed E-state index contributed by atoms with van der Waals surface area (Å²) in [6.07, 6.45) is 5.15. The lowest BCUT2D eigenvalue weighted by molar-refractivity contribution is 0.353. The third-order valence-corrected chi connectivity index (χ3v) is 4.67. The van der Waals surface area contributed by atoms with Crippen LogP contribution in [0, 0.1) is 11.8 Å². The van der Waals surface area contributed by atoms with E-state index in [1.165, 1.54) is 25.7 Å². The Labute approximate surface area is 114 Å². The van der Waals surface area contributed by atoms with Gasteiger partial charge in [-0.05, 0) is 48.6 Å². The van der Waals surface area contributed by atoms with E-state index in [1.54, 1.807) is 11.1 Å². The fraction of sp³-hybridized carbons (Fsp3) is 0.500. The first-order valence-corrected chi connectivity index (χ1v) is 7.25. The maximum Gasteiger partial charge on any atom is 0.0310 e. The molecule has 1 N–H and O–H groups in total. The molecule has 2 bridgehead atoms. The van der Waals surface area contributed by atoms with Gasteiger partial charge < -0.3 is 5.32 Å². The van der Waals surface area contributed by atoms with Crippen molar-refractivity contribution in [3.8, 4) is 0 Å². The molecule has 2 heteroatoms. The van der Waals surface area contributed by atoms with E-state index in [0.717, 1.165) is 23.4 Å². The second-order valence-corrected chi connectivity index (χ2v) is 6.23. The van der Waals surface area contributed by atoms with Crippen LogP contribution in [0.2, 0.25) is 0 Å². The number of hydrogen-bond donors (Lipinski definition) is 1. The van der Waals surface area contributed by atoms with Crippen LogP contribution < -0.4 is 5.32 Å². The molecule has 2 atom stereocenters. The second-order valence-electron chi connectivity index (χ2n) is 5.70. The maximum atomic E-state index is 5.89. The molecule has 0 amide bonds. The lowest BCUT2D eigenvalue weighted by Gasteiger charge is -2.23. The maximum absolute atomic E-state index is 5.89. The summed E-state index contributed by atoms with van der Waals surface area (Å²) in [6.45, 7) is 4.52. The summed E-state index contributed by atoms with van der Waals surface area (Å²) in [5.41, 5.74) is 3.11. The summed E-state index contributed by atoms with van der Waals surface area (Å²) in [5.74, 6) is 1.55. The molecule has 18 heavy (non-hydrogen) atoms. The molecule has 3 rings (SSSR count). The summed E-state index contributed by atoms with van der Waals surface area (Å²) in [7, 11) is 0. The Hall–Kier alpha value is -0.790. The van der Waals surface area contributed by atoms with Gasteiger partial charge in [-0.1, -0.05) is 42.4 Å². The largest absolute Gasteiger partial charge is 0.308 e. The van der Waals surface area contributed by atoms with Gasteiger partial charge in [0, 0.05) is 17.6 Å². The van der Waals surface area contributed by atoms with Crippen molar-refractivity contribution in [2.24, 2.45) is 11.8 Å². The normalized spacial score (nSPS) is 29.7. The Balaban J connectivity index is 1.79. The van der Waals surface area contributed by atoms with E-state index in [9.17, 15) is 0 Å². The molecular formula is C16H20ClN. The van der Waals surface area contributed by atoms with Gasteiger partial charge in [0.2, 0.25) is 0 Å². The Kier molecular flexibility index (Phi) is 3.45. The molecular weight excluding hydrogens is 242 g/mol. The van der Waals surface area contributed by atoms with E-state index in [4.69, 9.17) is 11.6 Å². The minimum absolute atomic E-state index is 0.618. The highest BCUT2D eigenvalue weighted by molar-refractivity contribution is 6.29. The van der Waals surface area contributed by atoms with Gasteiger partial charge in [0.05, 0.1) is 0 Å². The predicted molar refractivity (Wildman–Crippen MR) is 76.8 cm³/mol. The number of nitrogens with one attached hydrogen (secondary N) is 1. The van der Waals surface area contributed by atoms with Crippen molar-refractivity contribution in [1.29, 1.82) is 0 Å². The Morgan fingerprint density at radius 3 is 2.22 bits per heavy atom. The fourth-order valence-electron chi connectivity index (χ4n) is 3.71. The molecule has 2 unspecified atom stereocenters. The quantitative estimate of drug-likeness (QED) is 0.878. The van der Waals surface area contributed by atoms with Crippen LogP contribution in [0.4, 0.5) is 0 Å². The Morgan fingerprint density at radius 1 is 1.17 bits per heavy atom. The first kappa shape index (κ1) is 12.3. The summed E-state index contributed by atoms with van der Waals surface area (Å²) >= 11 is 5.89. The van der Waals surface area contributed by atoms with Crippen LogP contribution in [0.5, 0.6) is 0 Å². The van der Waals surface area contributed by atoms with Gasteiger partial charge in [-0.3, -0.25) is 0 Å². The molecule has 0 heterocycles. The van der Waals surface area contributed by atoms with Crippen molar-refractivity contribution in [2.75, 3.05) is 6.54 Å². The molecule has 1 saturated carbocycles. The third kappa shape index (κ3) is 2.34. The lowest BCUT2D eigenvalue weighted by Crippen LogP contribution is -2.38. The first-order valence-electron chi connectivity index (χ1n) is 6.87. The van der Waals surface area contributed by atoms with E-state index < -0.39 is 0 Å². The van der Waals surface area contributed by atoms with Crippen molar-refractivity contribution < 1.29 is 0 Å². The lowest BCUT2D eigenvalue weighted by atomic mass is 9.94. The number of rotatable bonds is 3. The second kappa shape index (κ2) is 5.07. The average Bonchev–Trinajstić information content (AvgIpc) is 2.62. The molecule has 96 valence electrons. The summed E-state index contributed by atoms with van der Waals surface area (Å²) in [4.78, 5) is 0. The van der Waals surface area contributed by atoms with Crippen LogP contribution in [0.15, 0.2) is 35.9 Å². The van der Waals surface area contributed by atoms with E-state index in [-0.39, 0.29) is 0 Å². The monoisotopic (exact) mass is 261 g/mol. The van der Waals surface area contributed by atoms with E-state index in [2.05, 4.69) is 36.2 Å². The van der Waals surface area contributed by atoms with Gasteiger partial charge >= 0.3 is 0 Å². The molecule has 0 spiro atoms. The molecule has 0 saturated heterocycles. The minimum atomic E-state index is 0.618. The smallest absolute Gasteiger partial charge is 0.0310 e. The van der Waals surface area contributed by atoms with Gasteiger partial charge in [-0.15, -0.1) is 0 Å². The standard InChI is InChI=1S/C16H20ClN/c1-11(17)10-18-16-14-6-7-15(16)9-13-5-3-2-4-12(13)8-14/h2-5,14-16,18H,1,6-10H2. The van der Waals surface area contributed by atoms with Crippen LogP contribution >= 0.6 is 11.6 Å². The molecule has 1 aromatic carbocycles. The van der Waals surface area contributed by atoms with E-state index >= 15 is 0 Å². The predicted octanol–water partition coefficient (Wildman–Crippen LogP) is 3.52. The number of fused-ring (bicyclic) bond motifs is 3. The van der Waals surface area contributed by atoms with Crippen molar-refractivity contribution >= 4 is 11.6 Å². The molecule has 1 fully saturated rings. The zero-order valence-electron chi connectivity index (χ0n) is 10.7. The first-order chi connectivity index (χ1) is 8.74. The zero-order chi connectivity index (χ0) is 12.5. The van der Waals surface area contributed by atoms with Crippen LogP contribution in [0.3, 0.4) is 0 Å². The third-order valence-electron chi connectivity index (χ3n) is 4.54. The Bertz CT molecular complexity index is 421. The summed E-state index contributed by atoms with van der Waals surface area (Å²) < 4.78 is 0. The van der Waals surface area contributed by atoms with Crippen molar-refractivity contribution in [1.82, 2.24) is 5.32 Å². The van der Waals surface area contributed by atoms with Gasteiger partial charge in [0.15, 0.2) is 0 Å². The van der Waals surface area contributed by atoms with Gasteiger partial charge in [0.25, 0.3) is 0 Å².